The number of amides is 2. The molecule has 3 heterocycles. The number of morpholine rings is 1. The van der Waals surface area contributed by atoms with E-state index in [0.29, 0.717) is 55.7 Å². The van der Waals surface area contributed by atoms with Gasteiger partial charge in [-0.05, 0) is 30.5 Å². The summed E-state index contributed by atoms with van der Waals surface area (Å²) in [5, 5.41) is 8.48. The van der Waals surface area contributed by atoms with Crippen LogP contribution in [0.2, 0.25) is 0 Å². The first-order valence-electron chi connectivity index (χ1n) is 12.4. The largest absolute Gasteiger partial charge is 0.489 e. The maximum Gasteiger partial charge on any atom is 0.275 e. The Kier molecular flexibility index (Phi) is 8.29. The molecule has 10 heteroatoms. The Hall–Kier alpha value is -3.47. The van der Waals surface area contributed by atoms with Crippen LogP contribution in [0.1, 0.15) is 39.3 Å². The van der Waals surface area contributed by atoms with Crippen LogP contribution in [0.5, 0.6) is 5.75 Å². The molecule has 2 N–H and O–H groups in total. The smallest absolute Gasteiger partial charge is 0.275 e. The fourth-order valence-corrected chi connectivity index (χ4v) is 5.07. The number of hydrogen-bond acceptors (Lipinski definition) is 8. The van der Waals surface area contributed by atoms with Gasteiger partial charge in [0.15, 0.2) is 5.13 Å². The summed E-state index contributed by atoms with van der Waals surface area (Å²) in [7, 11) is 0. The van der Waals surface area contributed by atoms with Crippen LogP contribution in [0, 0.1) is 0 Å². The first-order chi connectivity index (χ1) is 18.2. The highest BCUT2D eigenvalue weighted by molar-refractivity contribution is 7.14. The zero-order chi connectivity index (χ0) is 25.5. The van der Waals surface area contributed by atoms with Crippen LogP contribution in [0.15, 0.2) is 53.9 Å². The van der Waals surface area contributed by atoms with Crippen molar-refractivity contribution >= 4 is 34.0 Å². The van der Waals surface area contributed by atoms with E-state index in [-0.39, 0.29) is 17.9 Å². The second kappa shape index (κ2) is 12.2. The van der Waals surface area contributed by atoms with E-state index in [1.54, 1.807) is 23.6 Å². The molecule has 0 saturated carbocycles. The summed E-state index contributed by atoms with van der Waals surface area (Å²) in [4.78, 5) is 33.0. The van der Waals surface area contributed by atoms with Crippen LogP contribution < -0.4 is 20.3 Å². The number of ether oxygens (including phenoxy) is 3. The van der Waals surface area contributed by atoms with E-state index in [9.17, 15) is 9.59 Å². The van der Waals surface area contributed by atoms with Gasteiger partial charge in [-0.2, -0.15) is 0 Å². The molecule has 2 aliphatic heterocycles. The average Bonchev–Trinajstić information content (AvgIpc) is 3.44. The Bertz CT molecular complexity index is 1210. The maximum absolute atomic E-state index is 13.2. The van der Waals surface area contributed by atoms with E-state index in [4.69, 9.17) is 14.2 Å². The molecule has 2 amide bonds. The molecule has 0 atom stereocenters. The zero-order valence-corrected chi connectivity index (χ0v) is 21.3. The number of benzene rings is 2. The molecule has 0 radical (unpaired) electrons. The van der Waals surface area contributed by atoms with Gasteiger partial charge in [0.05, 0.1) is 24.5 Å². The van der Waals surface area contributed by atoms with Crippen molar-refractivity contribution in [3.8, 4) is 5.75 Å². The highest BCUT2D eigenvalue weighted by Gasteiger charge is 2.22. The molecule has 0 bridgehead atoms. The van der Waals surface area contributed by atoms with E-state index >= 15 is 0 Å². The maximum atomic E-state index is 13.2. The van der Waals surface area contributed by atoms with Crippen molar-refractivity contribution in [3.05, 3.63) is 70.7 Å². The highest BCUT2D eigenvalue weighted by atomic mass is 32.1. The van der Waals surface area contributed by atoms with Crippen LogP contribution >= 0.6 is 11.3 Å². The third-order valence-corrected chi connectivity index (χ3v) is 7.20. The number of aromatic nitrogens is 1. The van der Waals surface area contributed by atoms with Gasteiger partial charge in [0.25, 0.3) is 11.8 Å². The predicted octanol–water partition coefficient (Wildman–Crippen LogP) is 3.72. The monoisotopic (exact) mass is 522 g/mol. The molecule has 2 aromatic carbocycles. The van der Waals surface area contributed by atoms with Gasteiger partial charge in [-0.1, -0.05) is 30.3 Å². The molecule has 0 spiro atoms. The Balaban J connectivity index is 1.33. The lowest BCUT2D eigenvalue weighted by molar-refractivity contribution is 0.0697. The molecule has 0 unspecified atom stereocenters. The van der Waals surface area contributed by atoms with E-state index in [1.165, 1.54) is 11.3 Å². The molecule has 0 aliphatic carbocycles. The predicted molar refractivity (Wildman–Crippen MR) is 142 cm³/mol. The van der Waals surface area contributed by atoms with Crippen LogP contribution in [-0.4, -0.2) is 62.4 Å². The molecule has 2 fully saturated rings. The van der Waals surface area contributed by atoms with Crippen molar-refractivity contribution in [2.24, 2.45) is 0 Å². The van der Waals surface area contributed by atoms with Gasteiger partial charge in [-0.15, -0.1) is 11.3 Å². The third kappa shape index (κ3) is 6.65. The van der Waals surface area contributed by atoms with Crippen molar-refractivity contribution < 1.29 is 23.8 Å². The van der Waals surface area contributed by atoms with Crippen LogP contribution in [0.25, 0.3) is 0 Å². The summed E-state index contributed by atoms with van der Waals surface area (Å²) in [6.45, 7) is 4.38. The van der Waals surface area contributed by atoms with Crippen molar-refractivity contribution in [2.45, 2.75) is 25.5 Å². The van der Waals surface area contributed by atoms with Crippen molar-refractivity contribution in [1.29, 1.82) is 0 Å². The summed E-state index contributed by atoms with van der Waals surface area (Å²) in [5.41, 5.74) is 2.07. The van der Waals surface area contributed by atoms with Crippen LogP contribution in [0.3, 0.4) is 0 Å². The highest BCUT2D eigenvalue weighted by Crippen LogP contribution is 2.26. The Morgan fingerprint density at radius 1 is 1.00 bits per heavy atom. The molecule has 194 valence electrons. The van der Waals surface area contributed by atoms with Crippen LogP contribution in [0.4, 0.5) is 10.8 Å². The minimum absolute atomic E-state index is 0.0356. The third-order valence-electron chi connectivity index (χ3n) is 6.30. The standard InChI is InChI=1S/C27H30N4O5S/c32-25(28-20-8-12-34-13-9-20)22-7-6-21(36-17-19-4-2-1-3-5-19)16-23(22)29-26(33)24-18-37-27(30-24)31-10-14-35-15-11-31/h1-7,16,18,20H,8-15,17H2,(H,28,32)(H,29,33). The average molecular weight is 523 g/mol. The summed E-state index contributed by atoms with van der Waals surface area (Å²) in [6.07, 6.45) is 1.52. The SMILES string of the molecule is O=C(Nc1cc(OCc2ccccc2)ccc1C(=O)NC1CCOCC1)c1csc(N2CCOCC2)n1. The molecule has 2 saturated heterocycles. The van der Waals surface area contributed by atoms with E-state index < -0.39 is 0 Å². The number of anilines is 2. The Morgan fingerprint density at radius 3 is 2.54 bits per heavy atom. The number of carbonyl (C=O) groups excluding carboxylic acids is 2. The van der Waals surface area contributed by atoms with Crippen LogP contribution in [-0.2, 0) is 16.1 Å². The lowest BCUT2D eigenvalue weighted by Gasteiger charge is -2.25. The number of rotatable bonds is 8. The lowest BCUT2D eigenvalue weighted by Crippen LogP contribution is -2.39. The van der Waals surface area contributed by atoms with Gasteiger partial charge in [0.2, 0.25) is 0 Å². The number of nitrogens with one attached hydrogen (secondary N) is 2. The normalized spacial score (nSPS) is 16.3. The molecular formula is C27H30N4O5S. The summed E-state index contributed by atoms with van der Waals surface area (Å²) < 4.78 is 16.8. The summed E-state index contributed by atoms with van der Waals surface area (Å²) in [5.74, 6) is -0.0748. The van der Waals surface area contributed by atoms with Crippen molar-refractivity contribution in [2.75, 3.05) is 49.7 Å². The topological polar surface area (TPSA) is 102 Å². The van der Waals surface area contributed by atoms with Gasteiger partial charge in [0.1, 0.15) is 18.1 Å². The van der Waals surface area contributed by atoms with Crippen molar-refractivity contribution in [3.63, 3.8) is 0 Å². The molecule has 5 rings (SSSR count). The fourth-order valence-electron chi connectivity index (χ4n) is 4.22. The first-order valence-corrected chi connectivity index (χ1v) is 13.3. The first kappa shape index (κ1) is 25.2. The molecule has 3 aromatic rings. The molecular weight excluding hydrogens is 492 g/mol. The van der Waals surface area contributed by atoms with Crippen molar-refractivity contribution in [1.82, 2.24) is 10.3 Å². The van der Waals surface area contributed by atoms with Gasteiger partial charge in [0, 0.05) is 43.8 Å². The minimum Gasteiger partial charge on any atom is -0.489 e. The Morgan fingerprint density at radius 2 is 1.76 bits per heavy atom. The fraction of sp³-hybridized carbons (Fsp3) is 0.370. The quantitative estimate of drug-likeness (QED) is 0.465. The molecule has 2 aliphatic rings. The second-order valence-electron chi connectivity index (χ2n) is 8.91. The van der Waals surface area contributed by atoms with Gasteiger partial charge in [-0.25, -0.2) is 4.98 Å². The summed E-state index contributed by atoms with van der Waals surface area (Å²) in [6, 6.07) is 15.0. The number of thiazole rings is 1. The van der Waals surface area contributed by atoms with Gasteiger partial charge < -0.3 is 29.7 Å². The van der Waals surface area contributed by atoms with E-state index in [0.717, 1.165) is 36.6 Å². The lowest BCUT2D eigenvalue weighted by atomic mass is 10.1. The van der Waals surface area contributed by atoms with E-state index in [2.05, 4.69) is 20.5 Å². The molecule has 9 nitrogen and oxygen atoms in total. The van der Waals surface area contributed by atoms with E-state index in [1.807, 2.05) is 30.3 Å². The molecule has 37 heavy (non-hydrogen) atoms. The molecule has 1 aromatic heterocycles. The second-order valence-corrected chi connectivity index (χ2v) is 9.75. The number of carbonyl (C=O) groups is 2. The van der Waals surface area contributed by atoms with Gasteiger partial charge in [-0.3, -0.25) is 9.59 Å². The minimum atomic E-state index is -0.379. The Labute approximate surface area is 219 Å². The van der Waals surface area contributed by atoms with Gasteiger partial charge >= 0.3 is 0 Å². The number of nitrogens with zero attached hydrogens (tertiary/aromatic N) is 2. The number of hydrogen-bond donors (Lipinski definition) is 2. The zero-order valence-electron chi connectivity index (χ0n) is 20.5. The summed E-state index contributed by atoms with van der Waals surface area (Å²) >= 11 is 1.42.